The van der Waals surface area contributed by atoms with Crippen LogP contribution in [0, 0.1) is 0 Å². The Hall–Kier alpha value is -1.85. The number of aliphatic hydroxyl groups is 1. The number of aromatic carboxylic acids is 1. The first-order valence-corrected chi connectivity index (χ1v) is 6.78. The molecule has 0 spiro atoms. The van der Waals surface area contributed by atoms with E-state index in [-0.39, 0.29) is 11.9 Å². The minimum Gasteiger partial charge on any atom is -0.475 e. The molecule has 1 atom stereocenters. The monoisotopic (exact) mass is 275 g/mol. The predicted octanol–water partition coefficient (Wildman–Crippen LogP) is 2.09. The van der Waals surface area contributed by atoms with E-state index in [4.69, 9.17) is 9.52 Å². The zero-order valence-corrected chi connectivity index (χ0v) is 11.1. The van der Waals surface area contributed by atoms with E-state index in [2.05, 4.69) is 4.90 Å². The first-order chi connectivity index (χ1) is 9.61. The molecule has 5 heteroatoms. The van der Waals surface area contributed by atoms with E-state index in [1.54, 1.807) is 12.1 Å². The molecule has 1 aliphatic rings. The van der Waals surface area contributed by atoms with Gasteiger partial charge in [0.1, 0.15) is 5.58 Å². The molecule has 0 amide bonds. The van der Waals surface area contributed by atoms with Crippen LogP contribution in [0.25, 0.3) is 11.0 Å². The van der Waals surface area contributed by atoms with Gasteiger partial charge < -0.3 is 14.6 Å². The lowest BCUT2D eigenvalue weighted by Crippen LogP contribution is -2.37. The topological polar surface area (TPSA) is 73.9 Å². The third-order valence-electron chi connectivity index (χ3n) is 3.68. The lowest BCUT2D eigenvalue weighted by molar-refractivity contribution is 0.0662. The predicted molar refractivity (Wildman–Crippen MR) is 73.7 cm³/mol. The minimum absolute atomic E-state index is 0.0365. The molecule has 1 fully saturated rings. The summed E-state index contributed by atoms with van der Waals surface area (Å²) in [4.78, 5) is 13.1. The number of likely N-dealkylation sites (tertiary alicyclic amines) is 1. The van der Waals surface area contributed by atoms with E-state index < -0.39 is 5.97 Å². The SMILES string of the molecule is O=C(O)c1cc2cc(CN3CCCC(O)C3)ccc2o1. The third kappa shape index (κ3) is 2.69. The molecule has 3 rings (SSSR count). The number of carbonyl (C=O) groups is 1. The molecule has 0 bridgehead atoms. The maximum atomic E-state index is 10.9. The molecule has 5 nitrogen and oxygen atoms in total. The smallest absolute Gasteiger partial charge is 0.371 e. The first kappa shape index (κ1) is 13.1. The fourth-order valence-electron chi connectivity index (χ4n) is 2.73. The summed E-state index contributed by atoms with van der Waals surface area (Å²) in [5, 5.41) is 19.4. The van der Waals surface area contributed by atoms with Gasteiger partial charge in [-0.05, 0) is 43.1 Å². The molecule has 1 aromatic carbocycles. The fraction of sp³-hybridized carbons (Fsp3) is 0.400. The van der Waals surface area contributed by atoms with Crippen LogP contribution in [-0.4, -0.2) is 40.3 Å². The van der Waals surface area contributed by atoms with Crippen molar-refractivity contribution >= 4 is 16.9 Å². The van der Waals surface area contributed by atoms with Crippen LogP contribution in [0.15, 0.2) is 28.7 Å². The molecule has 1 unspecified atom stereocenters. The van der Waals surface area contributed by atoms with E-state index >= 15 is 0 Å². The Bertz CT molecular complexity index is 634. The maximum Gasteiger partial charge on any atom is 0.371 e. The van der Waals surface area contributed by atoms with Crippen LogP contribution in [0.3, 0.4) is 0 Å². The van der Waals surface area contributed by atoms with Gasteiger partial charge in [0.25, 0.3) is 0 Å². The maximum absolute atomic E-state index is 10.9. The van der Waals surface area contributed by atoms with Crippen LogP contribution in [0.2, 0.25) is 0 Å². The third-order valence-corrected chi connectivity index (χ3v) is 3.68. The molecule has 2 heterocycles. The number of piperidine rings is 1. The summed E-state index contributed by atoms with van der Waals surface area (Å²) in [5.74, 6) is -1.09. The molecule has 0 aliphatic carbocycles. The number of aliphatic hydroxyl groups excluding tert-OH is 1. The zero-order chi connectivity index (χ0) is 14.1. The van der Waals surface area contributed by atoms with Crippen molar-refractivity contribution in [3.63, 3.8) is 0 Å². The van der Waals surface area contributed by atoms with Gasteiger partial charge in [-0.1, -0.05) is 6.07 Å². The average molecular weight is 275 g/mol. The second-order valence-corrected chi connectivity index (χ2v) is 5.32. The van der Waals surface area contributed by atoms with E-state index in [9.17, 15) is 9.90 Å². The summed E-state index contributed by atoms with van der Waals surface area (Å²) >= 11 is 0. The normalized spacial score (nSPS) is 20.4. The van der Waals surface area contributed by atoms with Crippen LogP contribution >= 0.6 is 0 Å². The lowest BCUT2D eigenvalue weighted by Gasteiger charge is -2.29. The first-order valence-electron chi connectivity index (χ1n) is 6.78. The Kier molecular flexibility index (Phi) is 3.46. The number of fused-ring (bicyclic) bond motifs is 1. The number of rotatable bonds is 3. The second kappa shape index (κ2) is 5.26. The summed E-state index contributed by atoms with van der Waals surface area (Å²) in [6.07, 6.45) is 1.65. The number of nitrogens with zero attached hydrogens (tertiary/aromatic N) is 1. The summed E-state index contributed by atoms with van der Waals surface area (Å²) in [6, 6.07) is 7.24. The number of carboxylic acids is 1. The lowest BCUT2D eigenvalue weighted by atomic mass is 10.1. The highest BCUT2D eigenvalue weighted by Gasteiger charge is 2.18. The van der Waals surface area contributed by atoms with E-state index in [1.165, 1.54) is 0 Å². The Balaban J connectivity index is 1.79. The Morgan fingerprint density at radius 3 is 3.00 bits per heavy atom. The van der Waals surface area contributed by atoms with Crippen molar-refractivity contribution in [2.75, 3.05) is 13.1 Å². The highest BCUT2D eigenvalue weighted by Crippen LogP contribution is 2.22. The van der Waals surface area contributed by atoms with Crippen LogP contribution in [0.4, 0.5) is 0 Å². The zero-order valence-electron chi connectivity index (χ0n) is 11.1. The van der Waals surface area contributed by atoms with Crippen molar-refractivity contribution in [1.82, 2.24) is 4.90 Å². The molecule has 0 radical (unpaired) electrons. The molecule has 0 saturated carbocycles. The van der Waals surface area contributed by atoms with Crippen LogP contribution in [0.5, 0.6) is 0 Å². The molecular weight excluding hydrogens is 258 g/mol. The Morgan fingerprint density at radius 2 is 2.25 bits per heavy atom. The van der Waals surface area contributed by atoms with Crippen molar-refractivity contribution in [2.45, 2.75) is 25.5 Å². The summed E-state index contributed by atoms with van der Waals surface area (Å²) < 4.78 is 5.24. The quantitative estimate of drug-likeness (QED) is 0.897. The Labute approximate surface area is 116 Å². The van der Waals surface area contributed by atoms with Crippen molar-refractivity contribution in [1.29, 1.82) is 0 Å². The molecule has 2 N–H and O–H groups in total. The number of furan rings is 1. The summed E-state index contributed by atoms with van der Waals surface area (Å²) in [7, 11) is 0. The molecule has 1 saturated heterocycles. The van der Waals surface area contributed by atoms with E-state index in [0.29, 0.717) is 12.1 Å². The van der Waals surface area contributed by atoms with Gasteiger partial charge in [0.15, 0.2) is 0 Å². The van der Waals surface area contributed by atoms with Crippen molar-refractivity contribution in [3.8, 4) is 0 Å². The van der Waals surface area contributed by atoms with Gasteiger partial charge in [0.2, 0.25) is 5.76 Å². The average Bonchev–Trinajstić information content (AvgIpc) is 2.82. The molecule has 2 aromatic rings. The highest BCUT2D eigenvalue weighted by molar-refractivity contribution is 5.91. The van der Waals surface area contributed by atoms with Crippen molar-refractivity contribution in [3.05, 3.63) is 35.6 Å². The molecule has 20 heavy (non-hydrogen) atoms. The summed E-state index contributed by atoms with van der Waals surface area (Å²) in [6.45, 7) is 2.45. The van der Waals surface area contributed by atoms with Gasteiger partial charge in [-0.25, -0.2) is 4.79 Å². The minimum atomic E-state index is -1.05. The van der Waals surface area contributed by atoms with Crippen LogP contribution < -0.4 is 0 Å². The number of β-amino-alcohol motifs (C(OH)–C–C–N with tert-alkyl or cyclic N) is 1. The number of benzene rings is 1. The van der Waals surface area contributed by atoms with Crippen molar-refractivity contribution < 1.29 is 19.4 Å². The van der Waals surface area contributed by atoms with E-state index in [0.717, 1.165) is 36.9 Å². The van der Waals surface area contributed by atoms with Gasteiger partial charge in [-0.3, -0.25) is 4.90 Å². The van der Waals surface area contributed by atoms with Gasteiger partial charge in [-0.2, -0.15) is 0 Å². The van der Waals surface area contributed by atoms with Gasteiger partial charge in [0.05, 0.1) is 6.10 Å². The number of carboxylic acid groups (broad SMARTS) is 1. The molecule has 1 aromatic heterocycles. The summed E-state index contributed by atoms with van der Waals surface area (Å²) in [5.41, 5.74) is 1.69. The van der Waals surface area contributed by atoms with Gasteiger partial charge in [0, 0.05) is 18.5 Å². The molecular formula is C15H17NO4. The van der Waals surface area contributed by atoms with Crippen LogP contribution in [0.1, 0.15) is 29.0 Å². The largest absolute Gasteiger partial charge is 0.475 e. The molecule has 1 aliphatic heterocycles. The highest BCUT2D eigenvalue weighted by atomic mass is 16.4. The number of hydrogen-bond acceptors (Lipinski definition) is 4. The van der Waals surface area contributed by atoms with E-state index in [1.807, 2.05) is 12.1 Å². The Morgan fingerprint density at radius 1 is 1.40 bits per heavy atom. The fourth-order valence-corrected chi connectivity index (χ4v) is 2.73. The van der Waals surface area contributed by atoms with Crippen molar-refractivity contribution in [2.24, 2.45) is 0 Å². The second-order valence-electron chi connectivity index (χ2n) is 5.32. The van der Waals surface area contributed by atoms with Gasteiger partial charge in [-0.15, -0.1) is 0 Å². The van der Waals surface area contributed by atoms with Crippen LogP contribution in [-0.2, 0) is 6.54 Å². The molecule has 106 valence electrons. The number of hydrogen-bond donors (Lipinski definition) is 2. The van der Waals surface area contributed by atoms with Gasteiger partial charge >= 0.3 is 5.97 Å². The standard InChI is InChI=1S/C15H17NO4/c17-12-2-1-5-16(9-12)8-10-3-4-13-11(6-10)7-14(20-13)15(18)19/h3-4,6-7,12,17H,1-2,5,8-9H2,(H,18,19).